The third kappa shape index (κ3) is 5.13. The van der Waals surface area contributed by atoms with E-state index in [1.807, 2.05) is 0 Å². The van der Waals surface area contributed by atoms with Gasteiger partial charge in [0.2, 0.25) is 5.91 Å². The van der Waals surface area contributed by atoms with Crippen LogP contribution >= 0.6 is 0 Å². The molecule has 0 bridgehead atoms. The van der Waals surface area contributed by atoms with Crippen molar-refractivity contribution in [1.29, 1.82) is 0 Å². The molecule has 0 atom stereocenters. The van der Waals surface area contributed by atoms with E-state index in [-0.39, 0.29) is 19.1 Å². The number of hydrogen-bond acceptors (Lipinski definition) is 5. The summed E-state index contributed by atoms with van der Waals surface area (Å²) in [5.74, 6) is 0.0666. The highest BCUT2D eigenvalue weighted by Crippen LogP contribution is 2.27. The van der Waals surface area contributed by atoms with Gasteiger partial charge in [0.05, 0.1) is 13.7 Å². The van der Waals surface area contributed by atoms with Gasteiger partial charge in [0, 0.05) is 19.7 Å². The minimum atomic E-state index is -0.424. The zero-order chi connectivity index (χ0) is 15.8. The van der Waals surface area contributed by atoms with Crippen LogP contribution in [0.1, 0.15) is 10.4 Å². The summed E-state index contributed by atoms with van der Waals surface area (Å²) in [5, 5.41) is 2.44. The van der Waals surface area contributed by atoms with Crippen LogP contribution in [0.3, 0.4) is 0 Å². The van der Waals surface area contributed by atoms with Gasteiger partial charge in [0.25, 0.3) is 5.91 Å². The molecule has 0 fully saturated rings. The molecule has 0 heterocycles. The number of carbonyl (C=O) groups excluding carboxylic acids is 3. The number of nitrogens with one attached hydrogen (secondary N) is 1. The highest BCUT2D eigenvalue weighted by molar-refractivity contribution is 5.85. The second-order valence-electron chi connectivity index (χ2n) is 4.38. The number of nitrogens with zero attached hydrogens (tertiary/aromatic N) is 1. The highest BCUT2D eigenvalue weighted by Gasteiger charge is 2.10. The monoisotopic (exact) mass is 294 g/mol. The Bertz CT molecular complexity index is 528. The van der Waals surface area contributed by atoms with Crippen molar-refractivity contribution >= 4 is 18.1 Å². The van der Waals surface area contributed by atoms with Crippen LogP contribution in [0.25, 0.3) is 0 Å². The standard InChI is InChI=1S/C14H18N2O5/c1-16(2)14(19)7-15-13(18)9-21-11-5-4-10(8-17)6-12(11)20-3/h4-6,8H,7,9H2,1-3H3,(H,15,18). The first-order valence-electron chi connectivity index (χ1n) is 6.20. The third-order valence-electron chi connectivity index (χ3n) is 2.62. The van der Waals surface area contributed by atoms with Crippen LogP contribution in [0.5, 0.6) is 11.5 Å². The largest absolute Gasteiger partial charge is 0.493 e. The van der Waals surface area contributed by atoms with Crippen LogP contribution in [0.2, 0.25) is 0 Å². The number of carbonyl (C=O) groups is 3. The van der Waals surface area contributed by atoms with Crippen LogP contribution in [-0.2, 0) is 9.59 Å². The molecule has 21 heavy (non-hydrogen) atoms. The normalized spacial score (nSPS) is 9.67. The average molecular weight is 294 g/mol. The lowest BCUT2D eigenvalue weighted by Gasteiger charge is -2.12. The molecule has 1 aromatic rings. The predicted octanol–water partition coefficient (Wildman–Crippen LogP) is 0.0909. The number of rotatable bonds is 7. The second-order valence-corrected chi connectivity index (χ2v) is 4.38. The number of hydrogen-bond donors (Lipinski definition) is 1. The molecule has 1 N–H and O–H groups in total. The van der Waals surface area contributed by atoms with Crippen molar-refractivity contribution in [3.8, 4) is 11.5 Å². The van der Waals surface area contributed by atoms with E-state index in [9.17, 15) is 14.4 Å². The van der Waals surface area contributed by atoms with Crippen molar-refractivity contribution in [2.24, 2.45) is 0 Å². The second kappa shape index (κ2) is 7.88. The van der Waals surface area contributed by atoms with Gasteiger partial charge in [-0.3, -0.25) is 14.4 Å². The number of aldehydes is 1. The minimum Gasteiger partial charge on any atom is -0.493 e. The molecule has 0 saturated heterocycles. The van der Waals surface area contributed by atoms with Crippen LogP contribution in [0.4, 0.5) is 0 Å². The predicted molar refractivity (Wildman–Crippen MR) is 75.6 cm³/mol. The van der Waals surface area contributed by atoms with Gasteiger partial charge in [-0.25, -0.2) is 0 Å². The Morgan fingerprint density at radius 2 is 2.00 bits per heavy atom. The van der Waals surface area contributed by atoms with Crippen molar-refractivity contribution in [3.63, 3.8) is 0 Å². The van der Waals surface area contributed by atoms with Crippen molar-refractivity contribution in [2.45, 2.75) is 0 Å². The van der Waals surface area contributed by atoms with E-state index in [2.05, 4.69) is 5.32 Å². The fourth-order valence-corrected chi connectivity index (χ4v) is 1.40. The summed E-state index contributed by atoms with van der Waals surface area (Å²) >= 11 is 0. The van der Waals surface area contributed by atoms with Gasteiger partial charge >= 0.3 is 0 Å². The first kappa shape index (κ1) is 16.5. The minimum absolute atomic E-state index is 0.0869. The number of likely N-dealkylation sites (N-methyl/N-ethyl adjacent to an activating group) is 1. The zero-order valence-corrected chi connectivity index (χ0v) is 12.2. The lowest BCUT2D eigenvalue weighted by Crippen LogP contribution is -2.38. The molecule has 0 saturated carbocycles. The molecule has 7 heteroatoms. The summed E-state index contributed by atoms with van der Waals surface area (Å²) in [6.07, 6.45) is 0.686. The van der Waals surface area contributed by atoms with Crippen LogP contribution in [0.15, 0.2) is 18.2 Å². The molecule has 0 unspecified atom stereocenters. The number of ether oxygens (including phenoxy) is 2. The third-order valence-corrected chi connectivity index (χ3v) is 2.62. The first-order valence-corrected chi connectivity index (χ1v) is 6.20. The average Bonchev–Trinajstić information content (AvgIpc) is 2.49. The topological polar surface area (TPSA) is 84.9 Å². The molecule has 0 aliphatic carbocycles. The maximum atomic E-state index is 11.6. The molecule has 0 aromatic heterocycles. The molecule has 1 aromatic carbocycles. The van der Waals surface area contributed by atoms with E-state index in [1.165, 1.54) is 18.1 Å². The Hall–Kier alpha value is -2.57. The fraction of sp³-hybridized carbons (Fsp3) is 0.357. The Morgan fingerprint density at radius 3 is 2.57 bits per heavy atom. The van der Waals surface area contributed by atoms with Crippen LogP contribution in [-0.4, -0.2) is 57.4 Å². The van der Waals surface area contributed by atoms with E-state index in [4.69, 9.17) is 9.47 Å². The molecule has 7 nitrogen and oxygen atoms in total. The maximum absolute atomic E-state index is 11.6. The molecule has 114 valence electrons. The van der Waals surface area contributed by atoms with E-state index in [0.717, 1.165) is 0 Å². The van der Waals surface area contributed by atoms with E-state index in [0.29, 0.717) is 23.3 Å². The molecule has 0 radical (unpaired) electrons. The van der Waals surface area contributed by atoms with Gasteiger partial charge in [-0.1, -0.05) is 0 Å². The van der Waals surface area contributed by atoms with Crippen molar-refractivity contribution in [3.05, 3.63) is 23.8 Å². The Morgan fingerprint density at radius 1 is 1.29 bits per heavy atom. The molecule has 0 spiro atoms. The zero-order valence-electron chi connectivity index (χ0n) is 12.2. The Balaban J connectivity index is 2.53. The van der Waals surface area contributed by atoms with Crippen LogP contribution < -0.4 is 14.8 Å². The first-order chi connectivity index (χ1) is 9.97. The fourth-order valence-electron chi connectivity index (χ4n) is 1.40. The Labute approximate surface area is 122 Å². The SMILES string of the molecule is COc1cc(C=O)ccc1OCC(=O)NCC(=O)N(C)C. The molecular formula is C14H18N2O5. The molecular weight excluding hydrogens is 276 g/mol. The van der Waals surface area contributed by atoms with E-state index < -0.39 is 5.91 Å². The highest BCUT2D eigenvalue weighted by atomic mass is 16.5. The maximum Gasteiger partial charge on any atom is 0.258 e. The quantitative estimate of drug-likeness (QED) is 0.720. The number of methoxy groups -OCH3 is 1. The van der Waals surface area contributed by atoms with E-state index >= 15 is 0 Å². The number of amides is 2. The summed E-state index contributed by atoms with van der Waals surface area (Å²) in [4.78, 5) is 34.9. The number of benzene rings is 1. The lowest BCUT2D eigenvalue weighted by atomic mass is 10.2. The van der Waals surface area contributed by atoms with Crippen molar-refractivity contribution in [2.75, 3.05) is 34.4 Å². The van der Waals surface area contributed by atoms with Gasteiger partial charge in [0.15, 0.2) is 18.1 Å². The van der Waals surface area contributed by atoms with Crippen molar-refractivity contribution < 1.29 is 23.9 Å². The lowest BCUT2D eigenvalue weighted by molar-refractivity contribution is -0.131. The van der Waals surface area contributed by atoms with Crippen LogP contribution in [0, 0.1) is 0 Å². The van der Waals surface area contributed by atoms with Gasteiger partial charge < -0.3 is 19.7 Å². The molecule has 0 aliphatic rings. The molecule has 0 aliphatic heterocycles. The van der Waals surface area contributed by atoms with Gasteiger partial charge in [-0.05, 0) is 18.2 Å². The summed E-state index contributed by atoms with van der Waals surface area (Å²) < 4.78 is 10.4. The summed E-state index contributed by atoms with van der Waals surface area (Å²) in [7, 11) is 4.64. The van der Waals surface area contributed by atoms with Crippen molar-refractivity contribution in [1.82, 2.24) is 10.2 Å². The van der Waals surface area contributed by atoms with Gasteiger partial charge in [-0.15, -0.1) is 0 Å². The molecule has 2 amide bonds. The summed E-state index contributed by atoms with van der Waals surface area (Å²) in [5.41, 5.74) is 0.445. The summed E-state index contributed by atoms with van der Waals surface area (Å²) in [6, 6.07) is 4.61. The molecule has 1 rings (SSSR count). The van der Waals surface area contributed by atoms with E-state index in [1.54, 1.807) is 26.2 Å². The van der Waals surface area contributed by atoms with Gasteiger partial charge in [0.1, 0.15) is 6.29 Å². The van der Waals surface area contributed by atoms with Gasteiger partial charge in [-0.2, -0.15) is 0 Å². The smallest absolute Gasteiger partial charge is 0.258 e. The Kier molecular flexibility index (Phi) is 6.19. The summed E-state index contributed by atoms with van der Waals surface area (Å²) in [6.45, 7) is -0.339.